The maximum atomic E-state index is 10.9. The minimum atomic E-state index is -0.737. The van der Waals surface area contributed by atoms with E-state index in [1.54, 1.807) is 0 Å². The van der Waals surface area contributed by atoms with Crippen molar-refractivity contribution in [1.82, 2.24) is 4.98 Å². The van der Waals surface area contributed by atoms with Crippen LogP contribution in [-0.4, -0.2) is 41.7 Å². The van der Waals surface area contributed by atoms with Gasteiger partial charge in [-0.2, -0.15) is 0 Å². The molecule has 0 amide bonds. The summed E-state index contributed by atoms with van der Waals surface area (Å²) in [5.74, 6) is 1.10. The van der Waals surface area contributed by atoms with E-state index in [2.05, 4.69) is 21.6 Å². The molecular weight excluding hydrogens is 292 g/mol. The molecule has 1 N–H and O–H groups in total. The molecule has 0 bridgehead atoms. The van der Waals surface area contributed by atoms with E-state index in [-0.39, 0.29) is 12.3 Å². The normalized spacial score (nSPS) is 23.5. The highest BCUT2D eigenvalue weighted by Crippen LogP contribution is 2.38. The fourth-order valence-electron chi connectivity index (χ4n) is 3.42. The predicted molar refractivity (Wildman–Crippen MR) is 89.2 cm³/mol. The van der Waals surface area contributed by atoms with E-state index in [9.17, 15) is 4.79 Å². The number of anilines is 2. The van der Waals surface area contributed by atoms with Crippen LogP contribution in [0.2, 0.25) is 0 Å². The Kier molecular flexibility index (Phi) is 4.12. The van der Waals surface area contributed by atoms with Crippen molar-refractivity contribution in [1.29, 1.82) is 0 Å². The van der Waals surface area contributed by atoms with Gasteiger partial charge in [0.2, 0.25) is 5.69 Å². The van der Waals surface area contributed by atoms with Crippen molar-refractivity contribution in [2.75, 3.05) is 29.4 Å². The van der Waals surface area contributed by atoms with Gasteiger partial charge in [-0.05, 0) is 44.2 Å². The summed E-state index contributed by atoms with van der Waals surface area (Å²) in [6, 6.07) is 2.39. The van der Waals surface area contributed by atoms with E-state index in [0.29, 0.717) is 11.7 Å². The van der Waals surface area contributed by atoms with Crippen LogP contribution in [0.1, 0.15) is 31.7 Å². The summed E-state index contributed by atoms with van der Waals surface area (Å²) in [4.78, 5) is 23.7. The molecular formula is C17H22N4O2. The fourth-order valence-corrected chi connectivity index (χ4v) is 3.42. The number of pyridine rings is 1. The number of nitrogens with zero attached hydrogens (tertiary/aromatic N) is 4. The Labute approximate surface area is 136 Å². The molecule has 0 aliphatic carbocycles. The number of carboxylic acids is 1. The second-order valence-electron chi connectivity index (χ2n) is 6.61. The van der Waals surface area contributed by atoms with E-state index >= 15 is 0 Å². The van der Waals surface area contributed by atoms with Gasteiger partial charge in [-0.1, -0.05) is 0 Å². The predicted octanol–water partition coefficient (Wildman–Crippen LogP) is 2.84. The van der Waals surface area contributed by atoms with Crippen LogP contribution in [-0.2, 0) is 4.79 Å². The molecule has 2 fully saturated rings. The third kappa shape index (κ3) is 2.96. The Hall–Kier alpha value is -2.29. The number of rotatable bonds is 4. The van der Waals surface area contributed by atoms with E-state index in [1.807, 2.05) is 13.0 Å². The van der Waals surface area contributed by atoms with E-state index < -0.39 is 5.97 Å². The van der Waals surface area contributed by atoms with Crippen LogP contribution in [0.5, 0.6) is 0 Å². The fraction of sp³-hybridized carbons (Fsp3) is 0.588. The van der Waals surface area contributed by atoms with Crippen LogP contribution in [0.25, 0.3) is 4.85 Å². The zero-order valence-electron chi connectivity index (χ0n) is 13.6. The Morgan fingerprint density at radius 2 is 2.26 bits per heavy atom. The number of aliphatic carboxylic acids is 1. The monoisotopic (exact) mass is 314 g/mol. The summed E-state index contributed by atoms with van der Waals surface area (Å²) in [5, 5.41) is 8.95. The molecule has 23 heavy (non-hydrogen) atoms. The van der Waals surface area contributed by atoms with Gasteiger partial charge in [-0.15, -0.1) is 0 Å². The van der Waals surface area contributed by atoms with Crippen molar-refractivity contribution in [2.24, 2.45) is 5.92 Å². The molecule has 3 heterocycles. The van der Waals surface area contributed by atoms with Crippen molar-refractivity contribution < 1.29 is 9.90 Å². The lowest BCUT2D eigenvalue weighted by Crippen LogP contribution is -2.46. The van der Waals surface area contributed by atoms with Crippen LogP contribution >= 0.6 is 0 Å². The first-order valence-electron chi connectivity index (χ1n) is 8.12. The summed E-state index contributed by atoms with van der Waals surface area (Å²) in [5.41, 5.74) is 1.59. The molecule has 6 nitrogen and oxygen atoms in total. The molecule has 3 rings (SSSR count). The molecule has 2 aliphatic rings. The SMILES string of the molecule is [C-]#[N+]c1c(C)cc(N2CC[C@@H](CC(=O)O)C2)nc1N1CC[C@@H]1C. The minimum absolute atomic E-state index is 0.182. The first kappa shape index (κ1) is 15.6. The van der Waals surface area contributed by atoms with Gasteiger partial charge in [0.15, 0.2) is 0 Å². The van der Waals surface area contributed by atoms with Crippen LogP contribution in [0.4, 0.5) is 17.3 Å². The highest BCUT2D eigenvalue weighted by atomic mass is 16.4. The Bertz CT molecular complexity index is 667. The third-order valence-electron chi connectivity index (χ3n) is 4.93. The maximum absolute atomic E-state index is 10.9. The second kappa shape index (κ2) is 6.07. The molecule has 1 aromatic rings. The van der Waals surface area contributed by atoms with E-state index in [4.69, 9.17) is 16.7 Å². The third-order valence-corrected chi connectivity index (χ3v) is 4.93. The number of aryl methyl sites for hydroxylation is 1. The summed E-state index contributed by atoms with van der Waals surface area (Å²) >= 11 is 0. The number of hydrogen-bond donors (Lipinski definition) is 1. The lowest BCUT2D eigenvalue weighted by Gasteiger charge is -2.41. The van der Waals surface area contributed by atoms with Gasteiger partial charge in [0.1, 0.15) is 11.6 Å². The van der Waals surface area contributed by atoms with Gasteiger partial charge in [0.05, 0.1) is 6.57 Å². The molecule has 0 unspecified atom stereocenters. The largest absolute Gasteiger partial charge is 0.481 e. The average Bonchev–Trinajstić information content (AvgIpc) is 2.93. The van der Waals surface area contributed by atoms with E-state index in [0.717, 1.165) is 49.7 Å². The molecule has 0 aromatic carbocycles. The molecule has 2 saturated heterocycles. The minimum Gasteiger partial charge on any atom is -0.481 e. The van der Waals surface area contributed by atoms with Crippen molar-refractivity contribution in [3.63, 3.8) is 0 Å². The van der Waals surface area contributed by atoms with Crippen LogP contribution < -0.4 is 9.80 Å². The molecule has 1 aromatic heterocycles. The Balaban J connectivity index is 1.86. The molecule has 2 aliphatic heterocycles. The van der Waals surface area contributed by atoms with Crippen LogP contribution in [0, 0.1) is 19.4 Å². The molecule has 0 spiro atoms. The van der Waals surface area contributed by atoms with Crippen molar-refractivity contribution in [3.8, 4) is 0 Å². The van der Waals surface area contributed by atoms with Crippen LogP contribution in [0.15, 0.2) is 6.07 Å². The second-order valence-corrected chi connectivity index (χ2v) is 6.61. The first-order chi connectivity index (χ1) is 11.0. The lowest BCUT2D eigenvalue weighted by molar-refractivity contribution is -0.137. The number of aromatic nitrogens is 1. The topological polar surface area (TPSA) is 61.0 Å². The molecule has 0 radical (unpaired) electrons. The summed E-state index contributed by atoms with van der Waals surface area (Å²) in [7, 11) is 0. The molecule has 2 atom stereocenters. The van der Waals surface area contributed by atoms with Gasteiger partial charge in [-0.25, -0.2) is 9.83 Å². The average molecular weight is 314 g/mol. The van der Waals surface area contributed by atoms with Gasteiger partial charge in [0.25, 0.3) is 0 Å². The summed E-state index contributed by atoms with van der Waals surface area (Å²) < 4.78 is 0. The highest BCUT2D eigenvalue weighted by Gasteiger charge is 2.30. The smallest absolute Gasteiger partial charge is 0.303 e. The highest BCUT2D eigenvalue weighted by molar-refractivity contribution is 5.74. The van der Waals surface area contributed by atoms with Crippen molar-refractivity contribution in [2.45, 2.75) is 39.2 Å². The molecule has 122 valence electrons. The maximum Gasteiger partial charge on any atom is 0.303 e. The van der Waals surface area contributed by atoms with Gasteiger partial charge in [0, 0.05) is 32.1 Å². The number of hydrogen-bond acceptors (Lipinski definition) is 4. The Morgan fingerprint density at radius 3 is 2.83 bits per heavy atom. The lowest BCUT2D eigenvalue weighted by atomic mass is 10.0. The zero-order chi connectivity index (χ0) is 16.6. The van der Waals surface area contributed by atoms with Crippen LogP contribution in [0.3, 0.4) is 0 Å². The Morgan fingerprint density at radius 1 is 1.48 bits per heavy atom. The summed E-state index contributed by atoms with van der Waals surface area (Å²) in [6.45, 7) is 14.1. The number of carbonyl (C=O) groups is 1. The van der Waals surface area contributed by atoms with Crippen molar-refractivity contribution >= 4 is 23.3 Å². The summed E-state index contributed by atoms with van der Waals surface area (Å²) in [6.07, 6.45) is 2.23. The molecule has 6 heteroatoms. The van der Waals surface area contributed by atoms with Gasteiger partial charge in [-0.3, -0.25) is 4.79 Å². The molecule has 0 saturated carbocycles. The van der Waals surface area contributed by atoms with Gasteiger partial charge < -0.3 is 14.9 Å². The van der Waals surface area contributed by atoms with E-state index in [1.165, 1.54) is 0 Å². The standard InChI is InChI=1S/C17H22N4O2/c1-11-8-14(20-6-5-13(10-20)9-15(22)23)19-17(16(11)18-3)21-7-4-12(21)2/h8,12-13H,4-7,9-10H2,1-2H3,(H,22,23)/t12-,13-/m0/s1. The quantitative estimate of drug-likeness (QED) is 0.866. The first-order valence-corrected chi connectivity index (χ1v) is 8.12. The number of carboxylic acid groups (broad SMARTS) is 1. The van der Waals surface area contributed by atoms with Gasteiger partial charge >= 0.3 is 5.97 Å². The zero-order valence-corrected chi connectivity index (χ0v) is 13.6. The van der Waals surface area contributed by atoms with Crippen molar-refractivity contribution in [3.05, 3.63) is 23.0 Å².